The molecule has 2 saturated heterocycles. The van der Waals surface area contributed by atoms with Gasteiger partial charge >= 0.3 is 0 Å². The standard InChI is InChI=1S/C12H18N4O.2ClH/c1-3-14-11(15-4-1)16-6-2-12(9-16)8-13-5-7-17-10-12;;/h1,3-4,13H,2,5-10H2;2*1H. The van der Waals surface area contributed by atoms with Crippen LogP contribution in [0.2, 0.25) is 0 Å². The maximum atomic E-state index is 5.69. The first kappa shape index (κ1) is 16.4. The first-order chi connectivity index (χ1) is 8.38. The van der Waals surface area contributed by atoms with Crippen LogP contribution in [0.1, 0.15) is 6.42 Å². The van der Waals surface area contributed by atoms with E-state index >= 15 is 0 Å². The number of rotatable bonds is 1. The van der Waals surface area contributed by atoms with Crippen LogP contribution < -0.4 is 10.2 Å². The van der Waals surface area contributed by atoms with Gasteiger partial charge in [0.05, 0.1) is 13.2 Å². The van der Waals surface area contributed by atoms with E-state index in [2.05, 4.69) is 20.2 Å². The lowest BCUT2D eigenvalue weighted by molar-refractivity contribution is 0.0811. The molecule has 0 aliphatic carbocycles. The van der Waals surface area contributed by atoms with Crippen molar-refractivity contribution in [2.75, 3.05) is 44.3 Å². The molecule has 5 nitrogen and oxygen atoms in total. The predicted molar refractivity (Wildman–Crippen MR) is 79.5 cm³/mol. The van der Waals surface area contributed by atoms with Gasteiger partial charge in [-0.1, -0.05) is 0 Å². The number of ether oxygens (including phenoxy) is 1. The molecule has 2 aliphatic rings. The second-order valence-electron chi connectivity index (χ2n) is 4.95. The summed E-state index contributed by atoms with van der Waals surface area (Å²) < 4.78 is 5.69. The molecule has 108 valence electrons. The Morgan fingerprint density at radius 3 is 2.84 bits per heavy atom. The average molecular weight is 307 g/mol. The van der Waals surface area contributed by atoms with Crippen molar-refractivity contribution >= 4 is 30.8 Å². The molecular formula is C12H20Cl2N4O. The highest BCUT2D eigenvalue weighted by Gasteiger charge is 2.39. The Kier molecular flexibility index (Phi) is 6.26. The zero-order valence-electron chi connectivity index (χ0n) is 10.7. The van der Waals surface area contributed by atoms with Gasteiger partial charge < -0.3 is 15.0 Å². The van der Waals surface area contributed by atoms with E-state index in [9.17, 15) is 0 Å². The van der Waals surface area contributed by atoms with Crippen LogP contribution in [0.3, 0.4) is 0 Å². The number of aromatic nitrogens is 2. The molecule has 0 radical (unpaired) electrons. The second kappa shape index (κ2) is 7.24. The SMILES string of the molecule is Cl.Cl.c1cnc(N2CCC3(CNCCOC3)C2)nc1. The molecule has 0 saturated carbocycles. The number of anilines is 1. The zero-order chi connectivity index (χ0) is 11.6. The number of halogens is 2. The van der Waals surface area contributed by atoms with Gasteiger partial charge in [0.2, 0.25) is 5.95 Å². The van der Waals surface area contributed by atoms with Crippen molar-refractivity contribution in [1.82, 2.24) is 15.3 Å². The zero-order valence-corrected chi connectivity index (χ0v) is 12.4. The van der Waals surface area contributed by atoms with Crippen LogP contribution in [-0.4, -0.2) is 49.4 Å². The van der Waals surface area contributed by atoms with Gasteiger partial charge in [-0.25, -0.2) is 9.97 Å². The average Bonchev–Trinajstić information content (AvgIpc) is 2.65. The predicted octanol–water partition coefficient (Wildman–Crippen LogP) is 1.14. The smallest absolute Gasteiger partial charge is 0.225 e. The Balaban J connectivity index is 0.000000902. The summed E-state index contributed by atoms with van der Waals surface area (Å²) in [5.41, 5.74) is 0.246. The van der Waals surface area contributed by atoms with Gasteiger partial charge in [0, 0.05) is 44.0 Å². The third-order valence-corrected chi connectivity index (χ3v) is 3.60. The van der Waals surface area contributed by atoms with Crippen LogP contribution in [0, 0.1) is 5.41 Å². The third-order valence-electron chi connectivity index (χ3n) is 3.60. The minimum atomic E-state index is 0. The quantitative estimate of drug-likeness (QED) is 0.843. The largest absolute Gasteiger partial charge is 0.379 e. The number of hydrogen-bond donors (Lipinski definition) is 1. The summed E-state index contributed by atoms with van der Waals surface area (Å²) in [5.74, 6) is 0.841. The first-order valence-electron chi connectivity index (χ1n) is 6.19. The minimum absolute atomic E-state index is 0. The molecule has 3 heterocycles. The summed E-state index contributed by atoms with van der Waals surface area (Å²) in [7, 11) is 0. The summed E-state index contributed by atoms with van der Waals surface area (Å²) in [4.78, 5) is 10.9. The van der Waals surface area contributed by atoms with E-state index in [0.717, 1.165) is 51.8 Å². The molecule has 7 heteroatoms. The Morgan fingerprint density at radius 1 is 1.26 bits per heavy atom. The van der Waals surface area contributed by atoms with E-state index in [0.29, 0.717) is 0 Å². The molecule has 1 atom stereocenters. The molecule has 1 N–H and O–H groups in total. The summed E-state index contributed by atoms with van der Waals surface area (Å²) in [6, 6.07) is 1.85. The summed E-state index contributed by atoms with van der Waals surface area (Å²) in [6.45, 7) is 5.69. The Bertz CT molecular complexity index is 371. The summed E-state index contributed by atoms with van der Waals surface area (Å²) in [6.07, 6.45) is 4.75. The topological polar surface area (TPSA) is 50.3 Å². The molecule has 1 spiro atoms. The molecule has 0 aromatic carbocycles. The maximum absolute atomic E-state index is 5.69. The van der Waals surface area contributed by atoms with Crippen molar-refractivity contribution in [3.05, 3.63) is 18.5 Å². The second-order valence-corrected chi connectivity index (χ2v) is 4.95. The molecule has 0 bridgehead atoms. The lowest BCUT2D eigenvalue weighted by Gasteiger charge is -2.26. The summed E-state index contributed by atoms with van der Waals surface area (Å²) in [5, 5.41) is 3.46. The van der Waals surface area contributed by atoms with Crippen molar-refractivity contribution in [3.63, 3.8) is 0 Å². The lowest BCUT2D eigenvalue weighted by atomic mass is 9.88. The summed E-state index contributed by atoms with van der Waals surface area (Å²) >= 11 is 0. The van der Waals surface area contributed by atoms with Crippen LogP contribution >= 0.6 is 24.8 Å². The fourth-order valence-electron chi connectivity index (χ4n) is 2.66. The van der Waals surface area contributed by atoms with Gasteiger partial charge in [0.15, 0.2) is 0 Å². The molecule has 1 unspecified atom stereocenters. The van der Waals surface area contributed by atoms with Crippen molar-refractivity contribution in [2.45, 2.75) is 6.42 Å². The highest BCUT2D eigenvalue weighted by molar-refractivity contribution is 5.85. The van der Waals surface area contributed by atoms with Crippen LogP contribution in [0.25, 0.3) is 0 Å². The van der Waals surface area contributed by atoms with E-state index in [-0.39, 0.29) is 30.2 Å². The van der Waals surface area contributed by atoms with Crippen LogP contribution in [0.5, 0.6) is 0 Å². The van der Waals surface area contributed by atoms with Gasteiger partial charge in [-0.15, -0.1) is 24.8 Å². The molecular weight excluding hydrogens is 287 g/mol. The van der Waals surface area contributed by atoms with Crippen LogP contribution in [-0.2, 0) is 4.74 Å². The highest BCUT2D eigenvalue weighted by Crippen LogP contribution is 2.32. The van der Waals surface area contributed by atoms with Crippen LogP contribution in [0.15, 0.2) is 18.5 Å². The monoisotopic (exact) mass is 306 g/mol. The molecule has 3 rings (SSSR count). The lowest BCUT2D eigenvalue weighted by Crippen LogP contribution is -2.38. The van der Waals surface area contributed by atoms with Crippen molar-refractivity contribution < 1.29 is 4.74 Å². The molecule has 0 amide bonds. The Morgan fingerprint density at radius 2 is 2.05 bits per heavy atom. The normalized spacial score (nSPS) is 26.4. The van der Waals surface area contributed by atoms with E-state index in [1.807, 2.05) is 6.07 Å². The van der Waals surface area contributed by atoms with Gasteiger partial charge in [0.25, 0.3) is 0 Å². The molecule has 2 aliphatic heterocycles. The number of nitrogens with one attached hydrogen (secondary N) is 1. The van der Waals surface area contributed by atoms with E-state index in [1.54, 1.807) is 12.4 Å². The maximum Gasteiger partial charge on any atom is 0.225 e. The van der Waals surface area contributed by atoms with Gasteiger partial charge in [-0.05, 0) is 12.5 Å². The molecule has 1 aromatic rings. The molecule has 2 fully saturated rings. The van der Waals surface area contributed by atoms with E-state index in [4.69, 9.17) is 4.74 Å². The van der Waals surface area contributed by atoms with Crippen molar-refractivity contribution in [3.8, 4) is 0 Å². The fraction of sp³-hybridized carbons (Fsp3) is 0.667. The van der Waals surface area contributed by atoms with E-state index in [1.165, 1.54) is 0 Å². The van der Waals surface area contributed by atoms with E-state index < -0.39 is 0 Å². The first-order valence-corrected chi connectivity index (χ1v) is 6.19. The number of nitrogens with zero attached hydrogens (tertiary/aromatic N) is 3. The molecule has 1 aromatic heterocycles. The van der Waals surface area contributed by atoms with Crippen LogP contribution in [0.4, 0.5) is 5.95 Å². The Labute approximate surface area is 126 Å². The third kappa shape index (κ3) is 3.69. The van der Waals surface area contributed by atoms with Gasteiger partial charge in [0.1, 0.15) is 0 Å². The number of hydrogen-bond acceptors (Lipinski definition) is 5. The highest BCUT2D eigenvalue weighted by atomic mass is 35.5. The Hall–Kier alpha value is -0.620. The minimum Gasteiger partial charge on any atom is -0.379 e. The molecule has 19 heavy (non-hydrogen) atoms. The fourth-order valence-corrected chi connectivity index (χ4v) is 2.66. The van der Waals surface area contributed by atoms with Gasteiger partial charge in [-0.2, -0.15) is 0 Å². The van der Waals surface area contributed by atoms with Crippen molar-refractivity contribution in [2.24, 2.45) is 5.41 Å². The van der Waals surface area contributed by atoms with Crippen molar-refractivity contribution in [1.29, 1.82) is 0 Å². The van der Waals surface area contributed by atoms with Gasteiger partial charge in [-0.3, -0.25) is 0 Å².